The van der Waals surface area contributed by atoms with Gasteiger partial charge in [-0.1, -0.05) is 0 Å². The van der Waals surface area contributed by atoms with E-state index in [0.717, 1.165) is 29.7 Å². The molecule has 1 aliphatic carbocycles. The molecule has 0 saturated carbocycles. The van der Waals surface area contributed by atoms with E-state index < -0.39 is 0 Å². The van der Waals surface area contributed by atoms with Crippen molar-refractivity contribution in [3.8, 4) is 16.5 Å². The SMILES string of the molecule is COC(=O)c1ccc(C#C[Se]c2cc(OCc3ccc(F)cc3)c3c(c2)C(C)(C)CCC3(C)C)cc1. The Hall–Kier alpha value is -3.06. The van der Waals surface area contributed by atoms with Crippen molar-refractivity contribution in [2.75, 3.05) is 7.11 Å². The molecule has 3 nitrogen and oxygen atoms in total. The summed E-state index contributed by atoms with van der Waals surface area (Å²) in [4.78, 5) is 15.0. The molecule has 0 radical (unpaired) electrons. The second-order valence-electron chi connectivity index (χ2n) is 10.4. The van der Waals surface area contributed by atoms with Crippen molar-refractivity contribution in [3.05, 3.63) is 94.3 Å². The van der Waals surface area contributed by atoms with Crippen molar-refractivity contribution >= 4 is 25.4 Å². The molecule has 5 heteroatoms. The van der Waals surface area contributed by atoms with E-state index in [1.165, 1.54) is 34.8 Å². The van der Waals surface area contributed by atoms with E-state index in [-0.39, 0.29) is 37.6 Å². The predicted octanol–water partition coefficient (Wildman–Crippen LogP) is 5.88. The molecule has 0 N–H and O–H groups in total. The summed E-state index contributed by atoms with van der Waals surface area (Å²) in [6, 6.07) is 18.1. The second kappa shape index (κ2) is 10.5. The van der Waals surface area contributed by atoms with Crippen LogP contribution in [0.15, 0.2) is 60.7 Å². The van der Waals surface area contributed by atoms with Gasteiger partial charge in [-0.3, -0.25) is 0 Å². The maximum absolute atomic E-state index is 13.4. The van der Waals surface area contributed by atoms with Crippen LogP contribution in [0, 0.1) is 16.6 Å². The van der Waals surface area contributed by atoms with Gasteiger partial charge >= 0.3 is 220 Å². The summed E-state index contributed by atoms with van der Waals surface area (Å²) < 4.78 is 25.7. The minimum absolute atomic E-state index is 0.00156. The number of fused-ring (bicyclic) bond motifs is 1. The molecule has 4 rings (SSSR count). The van der Waals surface area contributed by atoms with Crippen molar-refractivity contribution in [2.45, 2.75) is 58.0 Å². The van der Waals surface area contributed by atoms with E-state index in [2.05, 4.69) is 50.6 Å². The van der Waals surface area contributed by atoms with E-state index in [9.17, 15) is 9.18 Å². The van der Waals surface area contributed by atoms with Crippen LogP contribution in [0.4, 0.5) is 4.39 Å². The molecule has 0 heterocycles. The number of benzene rings is 3. The Balaban J connectivity index is 1.64. The van der Waals surface area contributed by atoms with Crippen LogP contribution in [0.1, 0.15) is 73.1 Å². The number of carbonyl (C=O) groups is 1. The van der Waals surface area contributed by atoms with Gasteiger partial charge in [0.15, 0.2) is 0 Å². The molecular formula is C31H31FO3Se. The van der Waals surface area contributed by atoms with Crippen LogP contribution in [0.25, 0.3) is 0 Å². The third kappa shape index (κ3) is 5.84. The Morgan fingerprint density at radius 3 is 2.31 bits per heavy atom. The molecule has 0 saturated heterocycles. The molecule has 0 fully saturated rings. The number of esters is 1. The van der Waals surface area contributed by atoms with Crippen LogP contribution in [0.2, 0.25) is 0 Å². The summed E-state index contributed by atoms with van der Waals surface area (Å²) in [5, 5.41) is 0. The molecule has 0 atom stereocenters. The zero-order valence-electron chi connectivity index (χ0n) is 21.4. The van der Waals surface area contributed by atoms with Gasteiger partial charge in [0.05, 0.1) is 0 Å². The fourth-order valence-electron chi connectivity index (χ4n) is 4.57. The van der Waals surface area contributed by atoms with Gasteiger partial charge in [0.25, 0.3) is 0 Å². The van der Waals surface area contributed by atoms with Crippen molar-refractivity contribution in [3.63, 3.8) is 0 Å². The molecule has 0 bridgehead atoms. The van der Waals surface area contributed by atoms with Crippen molar-refractivity contribution in [2.24, 2.45) is 0 Å². The fraction of sp³-hybridized carbons (Fsp3) is 0.323. The standard InChI is InChI=1S/C31H31FO3Se/c1-30(2)15-16-31(3,4)28-26(30)18-25(19-27(28)35-20-22-8-12-24(32)13-9-22)36-17-14-21-6-10-23(11-7-21)29(33)34-5/h6-13,18-19H,15-16,20H2,1-5H3. The van der Waals surface area contributed by atoms with Gasteiger partial charge in [0.1, 0.15) is 0 Å². The summed E-state index contributed by atoms with van der Waals surface area (Å²) in [5.74, 6) is 3.52. The average Bonchev–Trinajstić information content (AvgIpc) is 2.86. The number of carbonyl (C=O) groups excluding carboxylic acids is 1. The zero-order chi connectivity index (χ0) is 25.9. The van der Waals surface area contributed by atoms with Gasteiger partial charge in [-0.2, -0.15) is 0 Å². The van der Waals surface area contributed by atoms with Gasteiger partial charge in [-0.05, 0) is 0 Å². The van der Waals surface area contributed by atoms with Gasteiger partial charge < -0.3 is 0 Å². The Morgan fingerprint density at radius 1 is 0.972 bits per heavy atom. The number of hydrogen-bond donors (Lipinski definition) is 0. The molecule has 0 aromatic heterocycles. The molecule has 0 spiro atoms. The first kappa shape index (κ1) is 26.0. The average molecular weight is 550 g/mol. The molecule has 36 heavy (non-hydrogen) atoms. The number of rotatable bonds is 5. The van der Waals surface area contributed by atoms with Gasteiger partial charge in [-0.15, -0.1) is 0 Å². The summed E-state index contributed by atoms with van der Waals surface area (Å²) >= 11 is -0.0816. The Labute approximate surface area is 219 Å². The topological polar surface area (TPSA) is 35.5 Å². The number of methoxy groups -OCH3 is 1. The van der Waals surface area contributed by atoms with E-state index in [4.69, 9.17) is 9.47 Å². The molecule has 1 aliphatic rings. The third-order valence-corrected chi connectivity index (χ3v) is 8.25. The monoisotopic (exact) mass is 550 g/mol. The number of ether oxygens (including phenoxy) is 2. The summed E-state index contributed by atoms with van der Waals surface area (Å²) in [6.07, 6.45) is 2.20. The summed E-state index contributed by atoms with van der Waals surface area (Å²) in [5.41, 5.74) is 4.95. The molecule has 3 aromatic carbocycles. The minimum atomic E-state index is -0.355. The fourth-order valence-corrected chi connectivity index (χ4v) is 5.89. The molecule has 0 aliphatic heterocycles. The third-order valence-electron chi connectivity index (χ3n) is 6.83. The number of halogens is 1. The second-order valence-corrected chi connectivity index (χ2v) is 12.3. The predicted molar refractivity (Wildman–Crippen MR) is 143 cm³/mol. The van der Waals surface area contributed by atoms with Crippen LogP contribution in [-0.4, -0.2) is 28.0 Å². The van der Waals surface area contributed by atoms with E-state index in [1.807, 2.05) is 12.1 Å². The summed E-state index contributed by atoms with van der Waals surface area (Å²) in [7, 11) is 1.37. The van der Waals surface area contributed by atoms with Crippen LogP contribution in [-0.2, 0) is 22.2 Å². The first-order chi connectivity index (χ1) is 17.1. The first-order valence-electron chi connectivity index (χ1n) is 12.0. The Bertz CT molecular complexity index is 1310. The van der Waals surface area contributed by atoms with Gasteiger partial charge in [0, 0.05) is 0 Å². The zero-order valence-corrected chi connectivity index (χ0v) is 23.1. The molecular weight excluding hydrogens is 518 g/mol. The normalized spacial score (nSPS) is 15.3. The molecule has 0 amide bonds. The Morgan fingerprint density at radius 2 is 1.64 bits per heavy atom. The van der Waals surface area contributed by atoms with Gasteiger partial charge in [-0.25, -0.2) is 0 Å². The van der Waals surface area contributed by atoms with Gasteiger partial charge in [0.2, 0.25) is 0 Å². The quantitative estimate of drug-likeness (QED) is 0.227. The van der Waals surface area contributed by atoms with E-state index >= 15 is 0 Å². The summed E-state index contributed by atoms with van der Waals surface area (Å²) in [6.45, 7) is 9.56. The molecule has 3 aromatic rings. The van der Waals surface area contributed by atoms with E-state index in [1.54, 1.807) is 24.3 Å². The Kier molecular flexibility index (Phi) is 7.59. The van der Waals surface area contributed by atoms with Crippen molar-refractivity contribution in [1.82, 2.24) is 0 Å². The first-order valence-corrected chi connectivity index (χ1v) is 13.7. The number of hydrogen-bond acceptors (Lipinski definition) is 3. The van der Waals surface area contributed by atoms with Crippen molar-refractivity contribution < 1.29 is 18.7 Å². The van der Waals surface area contributed by atoms with Crippen LogP contribution in [0.5, 0.6) is 5.75 Å². The van der Waals surface area contributed by atoms with E-state index in [0.29, 0.717) is 12.2 Å². The maximum atomic E-state index is 13.4. The van der Waals surface area contributed by atoms with Crippen LogP contribution >= 0.6 is 0 Å². The molecule has 186 valence electrons. The van der Waals surface area contributed by atoms with Crippen LogP contribution < -0.4 is 9.20 Å². The van der Waals surface area contributed by atoms with Crippen LogP contribution in [0.3, 0.4) is 0 Å². The van der Waals surface area contributed by atoms with Crippen molar-refractivity contribution in [1.29, 1.82) is 0 Å². The molecule has 0 unspecified atom stereocenters.